The van der Waals surface area contributed by atoms with Gasteiger partial charge in [-0.3, -0.25) is 14.4 Å². The van der Waals surface area contributed by atoms with Crippen LogP contribution in [0.5, 0.6) is 0 Å². The Bertz CT molecular complexity index is 1030. The number of hydrogen-bond donors (Lipinski definition) is 1. The molecule has 0 aliphatic carbocycles. The van der Waals surface area contributed by atoms with E-state index in [1.165, 1.54) is 11.9 Å². The Balaban J connectivity index is 1.59. The molecule has 6 nitrogen and oxygen atoms in total. The van der Waals surface area contributed by atoms with Crippen LogP contribution in [-0.2, 0) is 19.1 Å². The molecule has 7 heteroatoms. The molecule has 164 valence electrons. The van der Waals surface area contributed by atoms with Crippen molar-refractivity contribution in [2.45, 2.75) is 5.92 Å². The topological polar surface area (TPSA) is 75.7 Å². The van der Waals surface area contributed by atoms with E-state index in [1.807, 2.05) is 60.7 Å². The fraction of sp³-hybridized carbons (Fsp3) is 0.160. The summed E-state index contributed by atoms with van der Waals surface area (Å²) in [6.07, 6.45) is 0. The number of carbonyl (C=O) groups is 3. The summed E-state index contributed by atoms with van der Waals surface area (Å²) in [7, 11) is 1.47. The minimum absolute atomic E-state index is 0.206. The molecule has 0 saturated carbocycles. The lowest BCUT2D eigenvalue weighted by atomic mass is 9.91. The molecule has 2 amide bonds. The Morgan fingerprint density at radius 3 is 1.97 bits per heavy atom. The first kappa shape index (κ1) is 23.0. The number of rotatable bonds is 8. The van der Waals surface area contributed by atoms with E-state index < -0.39 is 30.3 Å². The van der Waals surface area contributed by atoms with Gasteiger partial charge < -0.3 is 15.0 Å². The number of amides is 2. The summed E-state index contributed by atoms with van der Waals surface area (Å²) in [6.45, 7) is -0.673. The van der Waals surface area contributed by atoms with Gasteiger partial charge in [0.05, 0.1) is 17.3 Å². The lowest BCUT2D eigenvalue weighted by Crippen LogP contribution is -2.37. The monoisotopic (exact) mass is 450 g/mol. The first-order valence-electron chi connectivity index (χ1n) is 10.0. The van der Waals surface area contributed by atoms with Crippen LogP contribution in [-0.4, -0.2) is 42.9 Å². The largest absolute Gasteiger partial charge is 0.455 e. The number of ether oxygens (including phenoxy) is 1. The number of anilines is 1. The molecule has 32 heavy (non-hydrogen) atoms. The van der Waals surface area contributed by atoms with Crippen molar-refractivity contribution < 1.29 is 19.1 Å². The minimum Gasteiger partial charge on any atom is -0.455 e. The molecule has 0 heterocycles. The van der Waals surface area contributed by atoms with Gasteiger partial charge in [-0.15, -0.1) is 0 Å². The van der Waals surface area contributed by atoms with E-state index in [0.29, 0.717) is 10.7 Å². The van der Waals surface area contributed by atoms with Crippen molar-refractivity contribution in [1.82, 2.24) is 4.90 Å². The zero-order valence-electron chi connectivity index (χ0n) is 17.5. The number of benzene rings is 3. The van der Waals surface area contributed by atoms with E-state index in [9.17, 15) is 14.4 Å². The van der Waals surface area contributed by atoms with Crippen LogP contribution < -0.4 is 5.32 Å². The maximum Gasteiger partial charge on any atom is 0.318 e. The summed E-state index contributed by atoms with van der Waals surface area (Å²) in [4.78, 5) is 38.7. The van der Waals surface area contributed by atoms with E-state index >= 15 is 0 Å². The molecule has 0 aliphatic rings. The van der Waals surface area contributed by atoms with Crippen molar-refractivity contribution in [2.75, 3.05) is 25.5 Å². The summed E-state index contributed by atoms with van der Waals surface area (Å²) in [5, 5.41) is 3.05. The standard InChI is InChI=1S/C25H23ClN2O4/c1-28(16-22(29)27-21-15-9-8-14-20(21)26)23(30)17-32-25(31)24(18-10-4-2-5-11-18)19-12-6-3-7-13-19/h2-15,24H,16-17H2,1H3,(H,27,29). The predicted molar refractivity (Wildman–Crippen MR) is 123 cm³/mol. The zero-order chi connectivity index (χ0) is 22.9. The molecule has 0 saturated heterocycles. The van der Waals surface area contributed by atoms with Crippen molar-refractivity contribution in [1.29, 1.82) is 0 Å². The van der Waals surface area contributed by atoms with Crippen LogP contribution in [0.25, 0.3) is 0 Å². The van der Waals surface area contributed by atoms with Crippen LogP contribution in [0, 0.1) is 0 Å². The number of hydrogen-bond acceptors (Lipinski definition) is 4. The average molecular weight is 451 g/mol. The van der Waals surface area contributed by atoms with Crippen LogP contribution in [0.2, 0.25) is 5.02 Å². The molecule has 0 radical (unpaired) electrons. The van der Waals surface area contributed by atoms with Gasteiger partial charge in [-0.25, -0.2) is 0 Å². The second kappa shape index (κ2) is 11.1. The third-order valence-corrected chi connectivity index (χ3v) is 5.12. The third kappa shape index (κ3) is 6.18. The van der Waals surface area contributed by atoms with E-state index in [1.54, 1.807) is 24.3 Å². The van der Waals surface area contributed by atoms with Crippen LogP contribution in [0.4, 0.5) is 5.69 Å². The SMILES string of the molecule is CN(CC(=O)Nc1ccccc1Cl)C(=O)COC(=O)C(c1ccccc1)c1ccccc1. The highest BCUT2D eigenvalue weighted by Gasteiger charge is 2.25. The summed E-state index contributed by atoms with van der Waals surface area (Å²) < 4.78 is 5.33. The van der Waals surface area contributed by atoms with Crippen molar-refractivity contribution in [3.8, 4) is 0 Å². The third-order valence-electron chi connectivity index (χ3n) is 4.79. The van der Waals surface area contributed by atoms with Crippen molar-refractivity contribution in [2.24, 2.45) is 0 Å². The second-order valence-corrected chi connectivity index (χ2v) is 7.55. The first-order valence-corrected chi connectivity index (χ1v) is 10.4. The Morgan fingerprint density at radius 1 is 0.875 bits per heavy atom. The van der Waals surface area contributed by atoms with E-state index in [0.717, 1.165) is 11.1 Å². The molecule has 3 rings (SSSR count). The number of halogens is 1. The number of likely N-dealkylation sites (N-methyl/N-ethyl adjacent to an activating group) is 1. The van der Waals surface area contributed by atoms with Gasteiger partial charge in [0.15, 0.2) is 6.61 Å². The van der Waals surface area contributed by atoms with Gasteiger partial charge in [-0.05, 0) is 23.3 Å². The van der Waals surface area contributed by atoms with Gasteiger partial charge in [0, 0.05) is 7.05 Å². The Labute approximate surface area is 191 Å². The Kier molecular flexibility index (Phi) is 8.00. The number of nitrogens with zero attached hydrogens (tertiary/aromatic N) is 1. The average Bonchev–Trinajstić information content (AvgIpc) is 2.80. The van der Waals surface area contributed by atoms with Gasteiger partial charge in [-0.1, -0.05) is 84.4 Å². The Morgan fingerprint density at radius 2 is 1.41 bits per heavy atom. The minimum atomic E-state index is -0.654. The van der Waals surface area contributed by atoms with Crippen molar-refractivity contribution in [3.63, 3.8) is 0 Å². The van der Waals surface area contributed by atoms with Crippen molar-refractivity contribution >= 4 is 35.1 Å². The summed E-state index contributed by atoms with van der Waals surface area (Å²) in [5.74, 6) is -2.09. The molecule has 0 aliphatic heterocycles. The quantitative estimate of drug-likeness (QED) is 0.524. The van der Waals surface area contributed by atoms with Gasteiger partial charge in [0.2, 0.25) is 5.91 Å². The maximum absolute atomic E-state index is 12.9. The van der Waals surface area contributed by atoms with Gasteiger partial charge >= 0.3 is 5.97 Å². The Hall–Kier alpha value is -3.64. The van der Waals surface area contributed by atoms with E-state index in [4.69, 9.17) is 16.3 Å². The molecule has 3 aromatic rings. The van der Waals surface area contributed by atoms with Gasteiger partial charge in [-0.2, -0.15) is 0 Å². The number of carbonyl (C=O) groups excluding carboxylic acids is 3. The van der Waals surface area contributed by atoms with Gasteiger partial charge in [0.25, 0.3) is 5.91 Å². The van der Waals surface area contributed by atoms with E-state index in [-0.39, 0.29) is 6.54 Å². The summed E-state index contributed by atoms with van der Waals surface area (Å²) in [5.41, 5.74) is 1.99. The molecular formula is C25H23ClN2O4. The highest BCUT2D eigenvalue weighted by atomic mass is 35.5. The van der Waals surface area contributed by atoms with Crippen LogP contribution >= 0.6 is 11.6 Å². The summed E-state index contributed by atoms with van der Waals surface area (Å²) in [6, 6.07) is 25.3. The number of nitrogens with one attached hydrogen (secondary N) is 1. The number of para-hydroxylation sites is 1. The molecule has 0 spiro atoms. The maximum atomic E-state index is 12.9. The summed E-state index contributed by atoms with van der Waals surface area (Å²) >= 11 is 6.03. The number of esters is 1. The van der Waals surface area contributed by atoms with Crippen LogP contribution in [0.15, 0.2) is 84.9 Å². The lowest BCUT2D eigenvalue weighted by Gasteiger charge is -2.19. The molecule has 1 N–H and O–H groups in total. The fourth-order valence-electron chi connectivity index (χ4n) is 3.14. The fourth-order valence-corrected chi connectivity index (χ4v) is 3.32. The zero-order valence-corrected chi connectivity index (χ0v) is 18.3. The normalized spacial score (nSPS) is 10.5. The molecule has 0 atom stereocenters. The van der Waals surface area contributed by atoms with E-state index in [2.05, 4.69) is 5.32 Å². The van der Waals surface area contributed by atoms with Gasteiger partial charge in [0.1, 0.15) is 5.92 Å². The highest BCUT2D eigenvalue weighted by molar-refractivity contribution is 6.33. The first-order chi connectivity index (χ1) is 15.5. The molecule has 0 bridgehead atoms. The lowest BCUT2D eigenvalue weighted by molar-refractivity contribution is -0.152. The molecule has 0 unspecified atom stereocenters. The van der Waals surface area contributed by atoms with Crippen molar-refractivity contribution in [3.05, 3.63) is 101 Å². The highest BCUT2D eigenvalue weighted by Crippen LogP contribution is 2.26. The molecular weight excluding hydrogens is 428 g/mol. The smallest absolute Gasteiger partial charge is 0.318 e. The van der Waals surface area contributed by atoms with Crippen LogP contribution in [0.3, 0.4) is 0 Å². The predicted octanol–water partition coefficient (Wildman–Crippen LogP) is 4.11. The second-order valence-electron chi connectivity index (χ2n) is 7.14. The molecule has 0 fully saturated rings. The molecule has 0 aromatic heterocycles. The van der Waals surface area contributed by atoms with Crippen LogP contribution in [0.1, 0.15) is 17.0 Å². The molecule has 3 aromatic carbocycles.